The molecular formula is C15H24ClN3O. The van der Waals surface area contributed by atoms with Crippen molar-refractivity contribution in [3.63, 3.8) is 0 Å². The molecule has 0 amide bonds. The van der Waals surface area contributed by atoms with Crippen molar-refractivity contribution in [3.8, 4) is 0 Å². The monoisotopic (exact) mass is 297 g/mol. The van der Waals surface area contributed by atoms with Crippen LogP contribution in [-0.4, -0.2) is 16.3 Å². The Morgan fingerprint density at radius 2 is 1.95 bits per heavy atom. The Bertz CT molecular complexity index is 549. The van der Waals surface area contributed by atoms with Gasteiger partial charge in [-0.15, -0.1) is 0 Å². The Labute approximate surface area is 125 Å². The van der Waals surface area contributed by atoms with Gasteiger partial charge in [-0.3, -0.25) is 4.79 Å². The van der Waals surface area contributed by atoms with Gasteiger partial charge in [0.2, 0.25) is 0 Å². The zero-order chi connectivity index (χ0) is 15.1. The maximum Gasteiger partial charge on any atom is 0.287 e. The topological polar surface area (TPSA) is 46.9 Å². The average molecular weight is 298 g/mol. The molecule has 2 rings (SSSR count). The largest absolute Gasteiger partial charge is 0.382 e. The zero-order valence-electron chi connectivity index (χ0n) is 13.0. The van der Waals surface area contributed by atoms with Gasteiger partial charge < -0.3 is 5.32 Å². The molecule has 0 saturated heterocycles. The van der Waals surface area contributed by atoms with Crippen LogP contribution in [0.4, 0.5) is 5.69 Å². The lowest BCUT2D eigenvalue weighted by molar-refractivity contribution is 0.457. The van der Waals surface area contributed by atoms with Gasteiger partial charge in [0.15, 0.2) is 0 Å². The molecule has 0 atom stereocenters. The number of rotatable bonds is 5. The molecule has 5 heteroatoms. The molecule has 0 aliphatic heterocycles. The molecule has 112 valence electrons. The number of aryl methyl sites for hydroxylation is 1. The minimum atomic E-state index is -0.215. The lowest BCUT2D eigenvalue weighted by Gasteiger charge is -2.10. The molecule has 0 aromatic carbocycles. The Hall–Kier alpha value is -1.03. The molecule has 0 spiro atoms. The van der Waals surface area contributed by atoms with E-state index in [4.69, 9.17) is 11.6 Å². The van der Waals surface area contributed by atoms with Crippen molar-refractivity contribution in [1.82, 2.24) is 9.78 Å². The van der Waals surface area contributed by atoms with Crippen molar-refractivity contribution in [3.05, 3.63) is 21.6 Å². The molecule has 1 fully saturated rings. The SMILES string of the molecule is CCCn1ncc(NCC2C(C)(C)C2(C)C)c(Cl)c1=O. The van der Waals surface area contributed by atoms with E-state index >= 15 is 0 Å². The van der Waals surface area contributed by atoms with E-state index in [1.165, 1.54) is 4.68 Å². The van der Waals surface area contributed by atoms with Crippen LogP contribution in [-0.2, 0) is 6.54 Å². The van der Waals surface area contributed by atoms with Gasteiger partial charge >= 0.3 is 0 Å². The van der Waals surface area contributed by atoms with Gasteiger partial charge in [-0.1, -0.05) is 46.2 Å². The molecule has 1 heterocycles. The van der Waals surface area contributed by atoms with Crippen LogP contribution in [0.25, 0.3) is 0 Å². The summed E-state index contributed by atoms with van der Waals surface area (Å²) in [6.45, 7) is 12.5. The molecular weight excluding hydrogens is 274 g/mol. The Kier molecular flexibility index (Phi) is 3.89. The Balaban J connectivity index is 2.09. The van der Waals surface area contributed by atoms with Crippen LogP contribution in [0.1, 0.15) is 41.0 Å². The number of hydrogen-bond acceptors (Lipinski definition) is 3. The van der Waals surface area contributed by atoms with Gasteiger partial charge in [-0.2, -0.15) is 5.10 Å². The smallest absolute Gasteiger partial charge is 0.287 e. The first-order valence-electron chi connectivity index (χ1n) is 7.23. The fourth-order valence-corrected chi connectivity index (χ4v) is 3.23. The summed E-state index contributed by atoms with van der Waals surface area (Å²) in [6.07, 6.45) is 2.52. The van der Waals surface area contributed by atoms with Crippen molar-refractivity contribution >= 4 is 17.3 Å². The predicted molar refractivity (Wildman–Crippen MR) is 83.3 cm³/mol. The highest BCUT2D eigenvalue weighted by molar-refractivity contribution is 6.32. The van der Waals surface area contributed by atoms with Crippen LogP contribution < -0.4 is 10.9 Å². The quantitative estimate of drug-likeness (QED) is 0.906. The zero-order valence-corrected chi connectivity index (χ0v) is 13.7. The van der Waals surface area contributed by atoms with Gasteiger partial charge in [0, 0.05) is 13.1 Å². The normalized spacial score (nSPS) is 19.9. The molecule has 1 aromatic rings. The minimum absolute atomic E-state index is 0.215. The standard InChI is InChI=1S/C15H24ClN3O/c1-6-7-19-13(20)12(16)10(8-18-19)17-9-11-14(2,3)15(11,4)5/h8,11,17H,6-7,9H2,1-5H3. The molecule has 0 unspecified atom stereocenters. The lowest BCUT2D eigenvalue weighted by atomic mass is 10.0. The third-order valence-corrected chi connectivity index (χ3v) is 5.60. The van der Waals surface area contributed by atoms with Crippen molar-refractivity contribution in [1.29, 1.82) is 0 Å². The van der Waals surface area contributed by atoms with Gasteiger partial charge in [0.1, 0.15) is 5.02 Å². The second-order valence-corrected chi connectivity index (χ2v) is 7.16. The van der Waals surface area contributed by atoms with E-state index in [0.717, 1.165) is 13.0 Å². The summed E-state index contributed by atoms with van der Waals surface area (Å²) in [4.78, 5) is 12.0. The fourth-order valence-electron chi connectivity index (χ4n) is 3.01. The summed E-state index contributed by atoms with van der Waals surface area (Å²) >= 11 is 6.14. The summed E-state index contributed by atoms with van der Waals surface area (Å²) in [6, 6.07) is 0. The summed E-state index contributed by atoms with van der Waals surface area (Å²) < 4.78 is 1.42. The van der Waals surface area contributed by atoms with Gasteiger partial charge in [0.05, 0.1) is 11.9 Å². The number of nitrogens with one attached hydrogen (secondary N) is 1. The molecule has 0 radical (unpaired) electrons. The number of hydrogen-bond donors (Lipinski definition) is 1. The van der Waals surface area contributed by atoms with Crippen LogP contribution >= 0.6 is 11.6 Å². The number of nitrogens with zero attached hydrogens (tertiary/aromatic N) is 2. The van der Waals surface area contributed by atoms with Crippen molar-refractivity contribution in [2.24, 2.45) is 16.7 Å². The van der Waals surface area contributed by atoms with Crippen molar-refractivity contribution < 1.29 is 0 Å². The van der Waals surface area contributed by atoms with E-state index in [9.17, 15) is 4.79 Å². The van der Waals surface area contributed by atoms with E-state index < -0.39 is 0 Å². The minimum Gasteiger partial charge on any atom is -0.382 e. The van der Waals surface area contributed by atoms with Crippen molar-refractivity contribution in [2.45, 2.75) is 47.6 Å². The number of aromatic nitrogens is 2. The molecule has 20 heavy (non-hydrogen) atoms. The van der Waals surface area contributed by atoms with Crippen molar-refractivity contribution in [2.75, 3.05) is 11.9 Å². The molecule has 0 bridgehead atoms. The second-order valence-electron chi connectivity index (χ2n) is 6.78. The van der Waals surface area contributed by atoms with Gasteiger partial charge in [-0.05, 0) is 23.2 Å². The molecule has 1 aromatic heterocycles. The first-order chi connectivity index (χ1) is 9.23. The van der Waals surface area contributed by atoms with E-state index in [2.05, 4.69) is 38.1 Å². The van der Waals surface area contributed by atoms with Gasteiger partial charge in [0.25, 0.3) is 5.56 Å². The maximum atomic E-state index is 12.0. The van der Waals surface area contributed by atoms with Crippen LogP contribution in [0.2, 0.25) is 5.02 Å². The highest BCUT2D eigenvalue weighted by Crippen LogP contribution is 2.68. The summed E-state index contributed by atoms with van der Waals surface area (Å²) in [5.41, 5.74) is 1.06. The summed E-state index contributed by atoms with van der Waals surface area (Å²) in [7, 11) is 0. The maximum absolute atomic E-state index is 12.0. The highest BCUT2D eigenvalue weighted by atomic mass is 35.5. The van der Waals surface area contributed by atoms with E-state index in [-0.39, 0.29) is 10.6 Å². The summed E-state index contributed by atoms with van der Waals surface area (Å²) in [5, 5.41) is 7.69. The number of anilines is 1. The summed E-state index contributed by atoms with van der Waals surface area (Å²) in [5.74, 6) is 0.573. The first-order valence-corrected chi connectivity index (χ1v) is 7.60. The molecule has 4 nitrogen and oxygen atoms in total. The predicted octanol–water partition coefficient (Wildman–Crippen LogP) is 3.40. The van der Waals surface area contributed by atoms with E-state index in [0.29, 0.717) is 29.0 Å². The highest BCUT2D eigenvalue weighted by Gasteiger charge is 2.64. The second kappa shape index (κ2) is 5.06. The third kappa shape index (κ3) is 2.34. The Morgan fingerprint density at radius 3 is 2.45 bits per heavy atom. The molecule has 1 aliphatic rings. The van der Waals surface area contributed by atoms with Crippen LogP contribution in [0, 0.1) is 16.7 Å². The van der Waals surface area contributed by atoms with E-state index in [1.807, 2.05) is 6.92 Å². The van der Waals surface area contributed by atoms with Crippen LogP contribution in [0.3, 0.4) is 0 Å². The third-order valence-electron chi connectivity index (χ3n) is 5.24. The fraction of sp³-hybridized carbons (Fsp3) is 0.733. The molecule has 1 saturated carbocycles. The van der Waals surface area contributed by atoms with E-state index in [1.54, 1.807) is 6.20 Å². The lowest BCUT2D eigenvalue weighted by Crippen LogP contribution is -2.24. The molecule has 1 N–H and O–H groups in total. The molecule has 1 aliphatic carbocycles. The average Bonchev–Trinajstić information content (AvgIpc) is 2.76. The first kappa shape index (κ1) is 15.4. The van der Waals surface area contributed by atoms with Crippen LogP contribution in [0.15, 0.2) is 11.0 Å². The van der Waals surface area contributed by atoms with Crippen LogP contribution in [0.5, 0.6) is 0 Å². The van der Waals surface area contributed by atoms with Gasteiger partial charge in [-0.25, -0.2) is 4.68 Å². The Morgan fingerprint density at radius 1 is 1.35 bits per heavy atom. The number of halogens is 1.